The maximum Gasteiger partial charge on any atom is 0.167 e. The van der Waals surface area contributed by atoms with Gasteiger partial charge in [-0.1, -0.05) is 30.6 Å². The Balaban J connectivity index is 2.27. The van der Waals surface area contributed by atoms with E-state index in [1.807, 2.05) is 36.7 Å². The lowest BCUT2D eigenvalue weighted by molar-refractivity contribution is 0.111. The number of aromatic nitrogens is 2. The highest BCUT2D eigenvalue weighted by atomic mass is 16.5. The Morgan fingerprint density at radius 1 is 1.20 bits per heavy atom. The fraction of sp³-hybridized carbons (Fsp3) is 0.300. The molecule has 5 heteroatoms. The number of rotatable bonds is 6. The van der Waals surface area contributed by atoms with Gasteiger partial charge in [-0.3, -0.25) is 4.79 Å². The van der Waals surface area contributed by atoms with Gasteiger partial charge in [-0.25, -0.2) is 0 Å². The highest BCUT2D eigenvalue weighted by molar-refractivity contribution is 5.96. The van der Waals surface area contributed by atoms with E-state index in [1.54, 1.807) is 12.1 Å². The van der Waals surface area contributed by atoms with Crippen LogP contribution in [0.25, 0.3) is 22.3 Å². The van der Waals surface area contributed by atoms with Gasteiger partial charge in [0.15, 0.2) is 6.29 Å². The number of aromatic hydroxyl groups is 1. The molecule has 0 aliphatic carbocycles. The van der Waals surface area contributed by atoms with Crippen molar-refractivity contribution in [3.8, 4) is 28.0 Å². The first-order valence-electron chi connectivity index (χ1n) is 8.47. The highest BCUT2D eigenvalue weighted by Crippen LogP contribution is 2.39. The number of aldehydes is 1. The van der Waals surface area contributed by atoms with Crippen LogP contribution in [0.1, 0.15) is 41.7 Å². The fourth-order valence-corrected chi connectivity index (χ4v) is 3.17. The predicted octanol–water partition coefficient (Wildman–Crippen LogP) is 4.75. The Bertz CT molecular complexity index is 869. The van der Waals surface area contributed by atoms with Crippen molar-refractivity contribution >= 4 is 6.29 Å². The second kappa shape index (κ2) is 6.97. The minimum absolute atomic E-state index is 0.212. The van der Waals surface area contributed by atoms with E-state index in [0.29, 0.717) is 11.5 Å². The first-order valence-corrected chi connectivity index (χ1v) is 8.47. The molecule has 0 unspecified atom stereocenters. The number of benzene rings is 1. The van der Waals surface area contributed by atoms with Gasteiger partial charge in [-0.2, -0.15) is 0 Å². The van der Waals surface area contributed by atoms with Crippen molar-refractivity contribution in [2.75, 3.05) is 0 Å². The third kappa shape index (κ3) is 3.09. The average Bonchev–Trinajstić information content (AvgIpc) is 3.13. The summed E-state index contributed by atoms with van der Waals surface area (Å²) < 4.78 is 7.33. The van der Waals surface area contributed by atoms with Crippen LogP contribution in [0.15, 0.2) is 35.0 Å². The minimum atomic E-state index is 0.212. The predicted molar refractivity (Wildman–Crippen MR) is 96.8 cm³/mol. The highest BCUT2D eigenvalue weighted by Gasteiger charge is 2.23. The summed E-state index contributed by atoms with van der Waals surface area (Å²) in [5.41, 5.74) is 4.96. The maximum atomic E-state index is 11.9. The van der Waals surface area contributed by atoms with Crippen molar-refractivity contribution in [3.05, 3.63) is 47.6 Å². The summed E-state index contributed by atoms with van der Waals surface area (Å²) in [6.45, 7) is 6.64. The SMILES string of the molecule is CCCCn1cc(-c2ccc(O)cc2)c(-c2c(C)noc2C)c1C=O. The second-order valence-corrected chi connectivity index (χ2v) is 6.21. The van der Waals surface area contributed by atoms with Crippen molar-refractivity contribution in [1.29, 1.82) is 0 Å². The number of hydrogen-bond acceptors (Lipinski definition) is 4. The molecule has 0 radical (unpaired) electrons. The first kappa shape index (κ1) is 17.0. The maximum absolute atomic E-state index is 11.9. The van der Waals surface area contributed by atoms with E-state index in [9.17, 15) is 9.90 Å². The van der Waals surface area contributed by atoms with E-state index in [2.05, 4.69) is 12.1 Å². The molecule has 130 valence electrons. The van der Waals surface area contributed by atoms with Crippen LogP contribution >= 0.6 is 0 Å². The van der Waals surface area contributed by atoms with Crippen LogP contribution in [-0.2, 0) is 6.54 Å². The lowest BCUT2D eigenvalue weighted by Crippen LogP contribution is -2.01. The number of aryl methyl sites for hydroxylation is 3. The smallest absolute Gasteiger partial charge is 0.167 e. The summed E-state index contributed by atoms with van der Waals surface area (Å²) in [6, 6.07) is 7.00. The van der Waals surface area contributed by atoms with Gasteiger partial charge in [0, 0.05) is 23.9 Å². The van der Waals surface area contributed by atoms with Gasteiger partial charge in [-0.05, 0) is 38.0 Å². The number of hydrogen-bond donors (Lipinski definition) is 1. The Hall–Kier alpha value is -2.82. The van der Waals surface area contributed by atoms with E-state index in [4.69, 9.17) is 4.52 Å². The monoisotopic (exact) mass is 338 g/mol. The van der Waals surface area contributed by atoms with E-state index in [1.165, 1.54) is 0 Å². The Labute approximate surface area is 146 Å². The Kier molecular flexibility index (Phi) is 4.74. The van der Waals surface area contributed by atoms with Crippen LogP contribution < -0.4 is 0 Å². The number of phenols is 1. The molecular formula is C20H22N2O3. The molecule has 2 aromatic heterocycles. The lowest BCUT2D eigenvalue weighted by atomic mass is 9.96. The molecule has 2 heterocycles. The van der Waals surface area contributed by atoms with Gasteiger partial charge in [-0.15, -0.1) is 0 Å². The standard InChI is InChI=1S/C20H22N2O3/c1-4-5-10-22-11-17(15-6-8-16(24)9-7-15)20(18(22)12-23)19-13(2)21-25-14(19)3/h6-9,11-12,24H,4-5,10H2,1-3H3. The zero-order valence-corrected chi connectivity index (χ0v) is 14.7. The van der Waals surface area contributed by atoms with Gasteiger partial charge < -0.3 is 14.2 Å². The van der Waals surface area contributed by atoms with Crippen molar-refractivity contribution in [2.24, 2.45) is 0 Å². The number of carbonyl (C=O) groups excluding carboxylic acids is 1. The molecule has 0 spiro atoms. The topological polar surface area (TPSA) is 68.3 Å². The fourth-order valence-electron chi connectivity index (χ4n) is 3.17. The molecule has 0 fully saturated rings. The van der Waals surface area contributed by atoms with Crippen LogP contribution in [0.3, 0.4) is 0 Å². The van der Waals surface area contributed by atoms with Gasteiger partial charge in [0.05, 0.1) is 17.0 Å². The molecule has 5 nitrogen and oxygen atoms in total. The summed E-state index contributed by atoms with van der Waals surface area (Å²) >= 11 is 0. The third-order valence-corrected chi connectivity index (χ3v) is 4.45. The third-order valence-electron chi connectivity index (χ3n) is 4.45. The molecule has 0 aliphatic rings. The quantitative estimate of drug-likeness (QED) is 0.659. The molecular weight excluding hydrogens is 316 g/mol. The molecule has 3 rings (SSSR count). The summed E-state index contributed by atoms with van der Waals surface area (Å²) in [5.74, 6) is 0.900. The molecule has 0 saturated heterocycles. The number of nitrogens with zero attached hydrogens (tertiary/aromatic N) is 2. The van der Waals surface area contributed by atoms with Crippen LogP contribution in [0.5, 0.6) is 5.75 Å². The van der Waals surface area contributed by atoms with E-state index < -0.39 is 0 Å². The Morgan fingerprint density at radius 2 is 1.92 bits per heavy atom. The Morgan fingerprint density at radius 3 is 2.48 bits per heavy atom. The largest absolute Gasteiger partial charge is 0.508 e. The molecule has 1 aromatic carbocycles. The lowest BCUT2D eigenvalue weighted by Gasteiger charge is -2.06. The van der Waals surface area contributed by atoms with Gasteiger partial charge >= 0.3 is 0 Å². The van der Waals surface area contributed by atoms with Gasteiger partial charge in [0.2, 0.25) is 0 Å². The molecule has 0 atom stereocenters. The van der Waals surface area contributed by atoms with Gasteiger partial charge in [0.1, 0.15) is 11.5 Å². The average molecular weight is 338 g/mol. The van der Waals surface area contributed by atoms with Crippen molar-refractivity contribution in [2.45, 2.75) is 40.2 Å². The molecule has 0 amide bonds. The van der Waals surface area contributed by atoms with Gasteiger partial charge in [0.25, 0.3) is 0 Å². The number of phenolic OH excluding ortho intramolecular Hbond substituents is 1. The summed E-state index contributed by atoms with van der Waals surface area (Å²) in [5, 5.41) is 13.6. The van der Waals surface area contributed by atoms with Crippen LogP contribution in [0.4, 0.5) is 0 Å². The summed E-state index contributed by atoms with van der Waals surface area (Å²) in [7, 11) is 0. The molecule has 3 aromatic rings. The zero-order valence-electron chi connectivity index (χ0n) is 14.7. The molecule has 0 saturated carbocycles. The minimum Gasteiger partial charge on any atom is -0.508 e. The van der Waals surface area contributed by atoms with Crippen molar-refractivity contribution in [1.82, 2.24) is 9.72 Å². The van der Waals surface area contributed by atoms with E-state index in [0.717, 1.165) is 53.6 Å². The van der Waals surface area contributed by atoms with Crippen LogP contribution in [0, 0.1) is 13.8 Å². The van der Waals surface area contributed by atoms with Crippen LogP contribution in [-0.4, -0.2) is 21.1 Å². The van der Waals surface area contributed by atoms with Crippen LogP contribution in [0.2, 0.25) is 0 Å². The molecule has 25 heavy (non-hydrogen) atoms. The number of carbonyl (C=O) groups is 1. The number of unbranched alkanes of at least 4 members (excludes halogenated alkanes) is 1. The summed E-state index contributed by atoms with van der Waals surface area (Å²) in [6.07, 6.45) is 4.95. The first-order chi connectivity index (χ1) is 12.1. The van der Waals surface area contributed by atoms with E-state index >= 15 is 0 Å². The van der Waals surface area contributed by atoms with Crippen molar-refractivity contribution in [3.63, 3.8) is 0 Å². The second-order valence-electron chi connectivity index (χ2n) is 6.21. The zero-order chi connectivity index (χ0) is 18.0. The normalized spacial score (nSPS) is 11.0. The summed E-state index contributed by atoms with van der Waals surface area (Å²) in [4.78, 5) is 11.9. The van der Waals surface area contributed by atoms with E-state index in [-0.39, 0.29) is 5.75 Å². The van der Waals surface area contributed by atoms with Crippen molar-refractivity contribution < 1.29 is 14.4 Å². The molecule has 1 N–H and O–H groups in total. The molecule has 0 aliphatic heterocycles. The molecule has 0 bridgehead atoms.